The molecule has 21 heavy (non-hydrogen) atoms. The second-order valence-corrected chi connectivity index (χ2v) is 6.50. The van der Waals surface area contributed by atoms with Crippen LogP contribution in [0.5, 0.6) is 0 Å². The predicted molar refractivity (Wildman–Crippen MR) is 79.0 cm³/mol. The van der Waals surface area contributed by atoms with Crippen LogP contribution in [-0.4, -0.2) is 45.9 Å². The Hall–Kier alpha value is -1.50. The van der Waals surface area contributed by atoms with Crippen molar-refractivity contribution >= 4 is 23.6 Å². The van der Waals surface area contributed by atoms with Gasteiger partial charge in [-0.1, -0.05) is 12.1 Å². The number of hydrogen-bond donors (Lipinski definition) is 1. The zero-order chi connectivity index (χ0) is 15.6. The summed E-state index contributed by atoms with van der Waals surface area (Å²) in [7, 11) is 0. The molecule has 1 aromatic heterocycles. The number of carboxylic acids is 1. The van der Waals surface area contributed by atoms with Gasteiger partial charge in [-0.2, -0.15) is 0 Å². The Bertz CT molecular complexity index is 524. The Kier molecular flexibility index (Phi) is 4.92. The fraction of sp³-hybridized carbons (Fsp3) is 0.643. The summed E-state index contributed by atoms with van der Waals surface area (Å²) in [6.45, 7) is 6.47. The van der Waals surface area contributed by atoms with Crippen molar-refractivity contribution < 1.29 is 19.2 Å². The van der Waals surface area contributed by atoms with Crippen molar-refractivity contribution in [3.8, 4) is 0 Å². The van der Waals surface area contributed by atoms with E-state index in [0.717, 1.165) is 17.0 Å². The molecule has 0 aliphatic carbocycles. The highest BCUT2D eigenvalue weighted by Gasteiger charge is 2.36. The van der Waals surface area contributed by atoms with Gasteiger partial charge < -0.3 is 14.5 Å². The Labute approximate surface area is 127 Å². The van der Waals surface area contributed by atoms with Crippen molar-refractivity contribution in [3.63, 3.8) is 0 Å². The van der Waals surface area contributed by atoms with E-state index >= 15 is 0 Å². The molecule has 1 fully saturated rings. The lowest BCUT2D eigenvalue weighted by Crippen LogP contribution is -2.31. The van der Waals surface area contributed by atoms with E-state index in [4.69, 9.17) is 9.63 Å². The Morgan fingerprint density at radius 1 is 1.43 bits per heavy atom. The van der Waals surface area contributed by atoms with E-state index in [0.29, 0.717) is 24.6 Å². The molecule has 0 spiro atoms. The Morgan fingerprint density at radius 2 is 2.14 bits per heavy atom. The van der Waals surface area contributed by atoms with E-state index in [9.17, 15) is 9.59 Å². The first-order valence-electron chi connectivity index (χ1n) is 6.90. The van der Waals surface area contributed by atoms with Gasteiger partial charge in [0.25, 0.3) is 0 Å². The van der Waals surface area contributed by atoms with Gasteiger partial charge >= 0.3 is 5.97 Å². The van der Waals surface area contributed by atoms with Crippen molar-refractivity contribution in [2.45, 2.75) is 26.5 Å². The first kappa shape index (κ1) is 15.9. The number of likely N-dealkylation sites (tertiary alicyclic amines) is 1. The van der Waals surface area contributed by atoms with Gasteiger partial charge in [0.1, 0.15) is 5.76 Å². The first-order chi connectivity index (χ1) is 9.90. The highest BCUT2D eigenvalue weighted by molar-refractivity contribution is 7.99. The molecule has 1 N–H and O–H groups in total. The zero-order valence-corrected chi connectivity index (χ0v) is 13.3. The summed E-state index contributed by atoms with van der Waals surface area (Å²) in [5, 5.41) is 13.0. The minimum atomic E-state index is -0.818. The number of carbonyl (C=O) groups excluding carboxylic acids is 1. The van der Waals surface area contributed by atoms with E-state index < -0.39 is 11.9 Å². The molecule has 0 radical (unpaired) electrons. The number of thioether (sulfide) groups is 1. The molecule has 1 saturated heterocycles. The van der Waals surface area contributed by atoms with E-state index in [1.54, 1.807) is 4.90 Å². The second kappa shape index (κ2) is 6.51. The Balaban J connectivity index is 1.82. The maximum absolute atomic E-state index is 12.1. The van der Waals surface area contributed by atoms with Crippen molar-refractivity contribution in [3.05, 3.63) is 17.0 Å². The molecule has 0 saturated carbocycles. The summed E-state index contributed by atoms with van der Waals surface area (Å²) in [4.78, 5) is 24.9. The maximum Gasteiger partial charge on any atom is 0.308 e. The van der Waals surface area contributed by atoms with Gasteiger partial charge in [-0.3, -0.25) is 9.59 Å². The molecule has 1 aliphatic heterocycles. The summed E-state index contributed by atoms with van der Waals surface area (Å²) in [5.41, 5.74) is 1.89. The first-order valence-corrected chi connectivity index (χ1v) is 8.05. The van der Waals surface area contributed by atoms with Gasteiger partial charge in [0, 0.05) is 24.4 Å². The summed E-state index contributed by atoms with van der Waals surface area (Å²) < 4.78 is 5.08. The minimum absolute atomic E-state index is 0.00219. The number of carbonyl (C=O) groups is 2. The molecule has 1 amide bonds. The molecule has 0 bridgehead atoms. The molecule has 6 nitrogen and oxygen atoms in total. The van der Waals surface area contributed by atoms with Crippen LogP contribution >= 0.6 is 11.8 Å². The molecule has 2 heterocycles. The van der Waals surface area contributed by atoms with Gasteiger partial charge in [0.05, 0.1) is 17.4 Å². The van der Waals surface area contributed by atoms with Gasteiger partial charge in [-0.25, -0.2) is 0 Å². The van der Waals surface area contributed by atoms with Crippen molar-refractivity contribution in [2.75, 3.05) is 18.8 Å². The highest BCUT2D eigenvalue weighted by Crippen LogP contribution is 2.25. The molecule has 116 valence electrons. The molecule has 1 aromatic rings. The third-order valence-corrected chi connectivity index (χ3v) is 4.88. The van der Waals surface area contributed by atoms with Gasteiger partial charge in [0.2, 0.25) is 5.91 Å². The third kappa shape index (κ3) is 3.58. The summed E-state index contributed by atoms with van der Waals surface area (Å²) in [6, 6.07) is 0. The number of aliphatic carboxylic acids is 1. The van der Waals surface area contributed by atoms with Crippen molar-refractivity contribution in [1.29, 1.82) is 0 Å². The van der Waals surface area contributed by atoms with Crippen LogP contribution in [0, 0.1) is 25.7 Å². The standard InChI is InChI=1S/C14H20N2O4S/c1-8-4-16(5-11(8)14(18)19)13(17)7-21-6-12-9(2)15-20-10(12)3/h8,11H,4-7H2,1-3H3,(H,18,19)/t8-,11-/m1/s1. The molecule has 2 rings (SSSR count). The van der Waals surface area contributed by atoms with Gasteiger partial charge in [-0.15, -0.1) is 11.8 Å². The quantitative estimate of drug-likeness (QED) is 0.891. The van der Waals surface area contributed by atoms with Crippen LogP contribution in [0.3, 0.4) is 0 Å². The number of aryl methyl sites for hydroxylation is 2. The third-order valence-electron chi connectivity index (χ3n) is 3.94. The molecule has 7 heteroatoms. The number of rotatable bonds is 5. The number of hydrogen-bond acceptors (Lipinski definition) is 5. The fourth-order valence-electron chi connectivity index (χ4n) is 2.53. The van der Waals surface area contributed by atoms with E-state index in [2.05, 4.69) is 5.16 Å². The zero-order valence-electron chi connectivity index (χ0n) is 12.5. The van der Waals surface area contributed by atoms with Crippen LogP contribution in [0.25, 0.3) is 0 Å². The molecular formula is C14H20N2O4S. The van der Waals surface area contributed by atoms with Gasteiger partial charge in [-0.05, 0) is 19.8 Å². The van der Waals surface area contributed by atoms with Crippen LogP contribution < -0.4 is 0 Å². The van der Waals surface area contributed by atoms with E-state index in [-0.39, 0.29) is 11.8 Å². The summed E-state index contributed by atoms with van der Waals surface area (Å²) >= 11 is 1.51. The lowest BCUT2D eigenvalue weighted by Gasteiger charge is -2.15. The monoisotopic (exact) mass is 312 g/mol. The molecule has 0 unspecified atom stereocenters. The topological polar surface area (TPSA) is 83.6 Å². The summed E-state index contributed by atoms with van der Waals surface area (Å²) in [5.74, 6) is 0.569. The van der Waals surface area contributed by atoms with Crippen molar-refractivity contribution in [2.24, 2.45) is 11.8 Å². The predicted octanol–water partition coefficient (Wildman–Crippen LogP) is 1.70. The normalized spacial score (nSPS) is 21.8. The van der Waals surface area contributed by atoms with E-state index in [1.807, 2.05) is 20.8 Å². The largest absolute Gasteiger partial charge is 0.481 e. The molecular weight excluding hydrogens is 292 g/mol. The van der Waals surface area contributed by atoms with Crippen molar-refractivity contribution in [1.82, 2.24) is 10.1 Å². The lowest BCUT2D eigenvalue weighted by atomic mass is 9.99. The number of carboxylic acid groups (broad SMARTS) is 1. The SMILES string of the molecule is Cc1noc(C)c1CSCC(=O)N1C[C@@H](C)[C@H](C(=O)O)C1. The molecule has 0 aromatic carbocycles. The Morgan fingerprint density at radius 3 is 2.67 bits per heavy atom. The summed E-state index contributed by atoms with van der Waals surface area (Å²) in [6.07, 6.45) is 0. The average Bonchev–Trinajstić information content (AvgIpc) is 2.95. The van der Waals surface area contributed by atoms with Crippen LogP contribution in [0.2, 0.25) is 0 Å². The van der Waals surface area contributed by atoms with Crippen LogP contribution in [-0.2, 0) is 15.3 Å². The number of amides is 1. The molecule has 2 atom stereocenters. The average molecular weight is 312 g/mol. The minimum Gasteiger partial charge on any atom is -0.481 e. The number of aromatic nitrogens is 1. The highest BCUT2D eigenvalue weighted by atomic mass is 32.2. The van der Waals surface area contributed by atoms with Crippen LogP contribution in [0.4, 0.5) is 0 Å². The smallest absolute Gasteiger partial charge is 0.308 e. The maximum atomic E-state index is 12.1. The van der Waals surface area contributed by atoms with Crippen LogP contribution in [0.15, 0.2) is 4.52 Å². The van der Waals surface area contributed by atoms with E-state index in [1.165, 1.54) is 11.8 Å². The number of nitrogens with zero attached hydrogens (tertiary/aromatic N) is 2. The lowest BCUT2D eigenvalue weighted by molar-refractivity contribution is -0.142. The second-order valence-electron chi connectivity index (χ2n) is 5.52. The van der Waals surface area contributed by atoms with Crippen LogP contribution in [0.1, 0.15) is 23.9 Å². The molecule has 1 aliphatic rings. The fourth-order valence-corrected chi connectivity index (χ4v) is 3.61. The van der Waals surface area contributed by atoms with Gasteiger partial charge in [0.15, 0.2) is 0 Å².